The molecule has 0 rings (SSSR count). The van der Waals surface area contributed by atoms with Gasteiger partial charge < -0.3 is 14.6 Å². The number of carboxylic acid groups (broad SMARTS) is 1. The first-order valence-corrected chi connectivity index (χ1v) is 4.68. The first-order chi connectivity index (χ1) is 6.31. The first-order valence-electron chi connectivity index (χ1n) is 4.68. The fourth-order valence-electron chi connectivity index (χ4n) is 1.21. The number of hydrogen-bond acceptors (Lipinski definition) is 3. The maximum Gasteiger partial charge on any atom is 0.333 e. The van der Waals surface area contributed by atoms with Gasteiger partial charge in [0.25, 0.3) is 0 Å². The summed E-state index contributed by atoms with van der Waals surface area (Å²) in [5.41, 5.74) is -0.523. The lowest BCUT2D eigenvalue weighted by Crippen LogP contribution is -2.41. The molecular formula is C10H20O4. The highest BCUT2D eigenvalue weighted by molar-refractivity contribution is 5.73. The van der Waals surface area contributed by atoms with E-state index in [4.69, 9.17) is 14.6 Å². The summed E-state index contributed by atoms with van der Waals surface area (Å²) in [4.78, 5) is 10.8. The van der Waals surface area contributed by atoms with Gasteiger partial charge in [0.05, 0.1) is 12.7 Å². The lowest BCUT2D eigenvalue weighted by Gasteiger charge is -2.30. The molecule has 0 spiro atoms. The van der Waals surface area contributed by atoms with Gasteiger partial charge in [-0.05, 0) is 13.8 Å². The minimum Gasteiger partial charge on any atom is -0.479 e. The molecule has 0 saturated heterocycles. The van der Waals surface area contributed by atoms with Gasteiger partial charge in [-0.1, -0.05) is 13.8 Å². The predicted octanol–water partition coefficient (Wildman–Crippen LogP) is 1.54. The van der Waals surface area contributed by atoms with Crippen molar-refractivity contribution in [2.75, 3.05) is 13.7 Å². The first kappa shape index (κ1) is 13.4. The predicted molar refractivity (Wildman–Crippen MR) is 53.3 cm³/mol. The SMILES string of the molecule is COC(C(=O)O)C(C)(C)COC(C)C. The van der Waals surface area contributed by atoms with Crippen molar-refractivity contribution in [3.63, 3.8) is 0 Å². The minimum absolute atomic E-state index is 0.0978. The monoisotopic (exact) mass is 204 g/mol. The Bertz CT molecular complexity index is 187. The molecule has 4 nitrogen and oxygen atoms in total. The Labute approximate surface area is 85.2 Å². The van der Waals surface area contributed by atoms with Gasteiger partial charge in [0.15, 0.2) is 6.10 Å². The summed E-state index contributed by atoms with van der Waals surface area (Å²) in [5.74, 6) is -0.954. The second-order valence-corrected chi connectivity index (χ2v) is 4.30. The molecule has 0 aliphatic carbocycles. The summed E-state index contributed by atoms with van der Waals surface area (Å²) in [6.45, 7) is 7.84. The molecule has 0 aromatic heterocycles. The number of carbonyl (C=O) groups is 1. The zero-order chi connectivity index (χ0) is 11.4. The highest BCUT2D eigenvalue weighted by atomic mass is 16.5. The van der Waals surface area contributed by atoms with Crippen molar-refractivity contribution in [1.82, 2.24) is 0 Å². The van der Waals surface area contributed by atoms with Gasteiger partial charge in [0.2, 0.25) is 0 Å². The van der Waals surface area contributed by atoms with E-state index in [9.17, 15) is 4.79 Å². The lowest BCUT2D eigenvalue weighted by molar-refractivity contribution is -0.160. The van der Waals surface area contributed by atoms with Crippen molar-refractivity contribution < 1.29 is 19.4 Å². The van der Waals surface area contributed by atoms with Crippen molar-refractivity contribution >= 4 is 5.97 Å². The number of hydrogen-bond donors (Lipinski definition) is 1. The highest BCUT2D eigenvalue weighted by Crippen LogP contribution is 2.24. The van der Waals surface area contributed by atoms with Crippen LogP contribution in [0.3, 0.4) is 0 Å². The highest BCUT2D eigenvalue weighted by Gasteiger charge is 2.35. The second-order valence-electron chi connectivity index (χ2n) is 4.30. The van der Waals surface area contributed by atoms with Crippen molar-refractivity contribution in [3.05, 3.63) is 0 Å². The molecule has 4 heteroatoms. The van der Waals surface area contributed by atoms with E-state index in [1.807, 2.05) is 27.7 Å². The number of rotatable bonds is 6. The smallest absolute Gasteiger partial charge is 0.333 e. The van der Waals surface area contributed by atoms with E-state index in [-0.39, 0.29) is 6.10 Å². The molecule has 0 aliphatic heterocycles. The number of carboxylic acids is 1. The molecule has 0 amide bonds. The summed E-state index contributed by atoms with van der Waals surface area (Å²) < 4.78 is 10.3. The third kappa shape index (κ3) is 4.07. The Morgan fingerprint density at radius 3 is 2.21 bits per heavy atom. The van der Waals surface area contributed by atoms with Gasteiger partial charge in [-0.25, -0.2) is 4.79 Å². The van der Waals surface area contributed by atoms with E-state index in [0.29, 0.717) is 6.61 Å². The van der Waals surface area contributed by atoms with Gasteiger partial charge in [-0.15, -0.1) is 0 Å². The average molecular weight is 204 g/mol. The van der Waals surface area contributed by atoms with Crippen molar-refractivity contribution in [2.24, 2.45) is 5.41 Å². The molecule has 1 atom stereocenters. The zero-order valence-electron chi connectivity index (χ0n) is 9.53. The van der Waals surface area contributed by atoms with Crippen LogP contribution in [-0.2, 0) is 14.3 Å². The number of ether oxygens (including phenoxy) is 2. The van der Waals surface area contributed by atoms with E-state index >= 15 is 0 Å². The van der Waals surface area contributed by atoms with Crippen LogP contribution in [0.2, 0.25) is 0 Å². The minimum atomic E-state index is -0.954. The quantitative estimate of drug-likeness (QED) is 0.713. The third-order valence-electron chi connectivity index (χ3n) is 1.96. The summed E-state index contributed by atoms with van der Waals surface area (Å²) in [5, 5.41) is 8.89. The Kier molecular flexibility index (Phi) is 5.08. The molecule has 84 valence electrons. The van der Waals surface area contributed by atoms with Gasteiger partial charge in [-0.2, -0.15) is 0 Å². The molecule has 0 heterocycles. The molecule has 1 unspecified atom stereocenters. The van der Waals surface area contributed by atoms with Crippen molar-refractivity contribution in [3.8, 4) is 0 Å². The van der Waals surface area contributed by atoms with Crippen LogP contribution in [0, 0.1) is 5.41 Å². The Morgan fingerprint density at radius 1 is 1.43 bits per heavy atom. The largest absolute Gasteiger partial charge is 0.479 e. The molecule has 0 bridgehead atoms. The van der Waals surface area contributed by atoms with Gasteiger partial charge in [0.1, 0.15) is 0 Å². The van der Waals surface area contributed by atoms with Crippen molar-refractivity contribution in [1.29, 1.82) is 0 Å². The Hall–Kier alpha value is -0.610. The number of aliphatic carboxylic acids is 1. The Morgan fingerprint density at radius 2 is 1.93 bits per heavy atom. The summed E-state index contributed by atoms with van der Waals surface area (Å²) in [6, 6.07) is 0. The molecule has 0 saturated carbocycles. The van der Waals surface area contributed by atoms with Gasteiger partial charge in [-0.3, -0.25) is 0 Å². The topological polar surface area (TPSA) is 55.8 Å². The molecule has 0 aliphatic rings. The van der Waals surface area contributed by atoms with Crippen LogP contribution in [0.5, 0.6) is 0 Å². The van der Waals surface area contributed by atoms with Crippen LogP contribution >= 0.6 is 0 Å². The maximum absolute atomic E-state index is 10.8. The summed E-state index contributed by atoms with van der Waals surface area (Å²) >= 11 is 0. The van der Waals surface area contributed by atoms with E-state index in [1.165, 1.54) is 7.11 Å². The van der Waals surface area contributed by atoms with E-state index < -0.39 is 17.5 Å². The van der Waals surface area contributed by atoms with Crippen LogP contribution in [0.25, 0.3) is 0 Å². The van der Waals surface area contributed by atoms with E-state index in [2.05, 4.69) is 0 Å². The molecule has 0 aromatic rings. The molecule has 14 heavy (non-hydrogen) atoms. The number of methoxy groups -OCH3 is 1. The molecule has 1 N–H and O–H groups in total. The Balaban J connectivity index is 4.33. The normalized spacial score (nSPS) is 14.4. The van der Waals surface area contributed by atoms with Crippen molar-refractivity contribution in [2.45, 2.75) is 39.9 Å². The zero-order valence-corrected chi connectivity index (χ0v) is 9.53. The molecule has 0 radical (unpaired) electrons. The van der Waals surface area contributed by atoms with Gasteiger partial charge >= 0.3 is 5.97 Å². The van der Waals surface area contributed by atoms with Gasteiger partial charge in [0, 0.05) is 12.5 Å². The average Bonchev–Trinajstić information content (AvgIpc) is 2.01. The maximum atomic E-state index is 10.8. The molecule has 0 fully saturated rings. The lowest BCUT2D eigenvalue weighted by atomic mass is 9.87. The fourth-order valence-corrected chi connectivity index (χ4v) is 1.21. The summed E-state index contributed by atoms with van der Waals surface area (Å²) in [7, 11) is 1.40. The van der Waals surface area contributed by atoms with Crippen LogP contribution in [-0.4, -0.2) is 37.0 Å². The van der Waals surface area contributed by atoms with Crippen LogP contribution in [0.1, 0.15) is 27.7 Å². The van der Waals surface area contributed by atoms with Crippen LogP contribution < -0.4 is 0 Å². The second kappa shape index (κ2) is 5.32. The van der Waals surface area contributed by atoms with Crippen LogP contribution in [0.4, 0.5) is 0 Å². The standard InChI is InChI=1S/C10H20O4/c1-7(2)14-6-10(3,4)8(13-5)9(11)12/h7-8H,6H2,1-5H3,(H,11,12). The van der Waals surface area contributed by atoms with Crippen LogP contribution in [0.15, 0.2) is 0 Å². The molecule has 0 aromatic carbocycles. The summed E-state index contributed by atoms with van der Waals surface area (Å²) in [6.07, 6.45) is -0.734. The fraction of sp³-hybridized carbons (Fsp3) is 0.900. The van der Waals surface area contributed by atoms with E-state index in [1.54, 1.807) is 0 Å². The third-order valence-corrected chi connectivity index (χ3v) is 1.96. The molecular weight excluding hydrogens is 184 g/mol. The van der Waals surface area contributed by atoms with E-state index in [0.717, 1.165) is 0 Å².